The molecule has 6 rings (SSSR count). The molecule has 5 aromatic rings. The van der Waals surface area contributed by atoms with Crippen LogP contribution in [0.25, 0.3) is 11.5 Å². The highest BCUT2D eigenvalue weighted by atomic mass is 32.2. The molecule has 1 saturated heterocycles. The monoisotopic (exact) mass is 1000 g/mol. The summed E-state index contributed by atoms with van der Waals surface area (Å²) in [5.74, 6) is -2.67. The van der Waals surface area contributed by atoms with Gasteiger partial charge in [-0.25, -0.2) is 33.9 Å². The second-order valence-electron chi connectivity index (χ2n) is 17.9. The van der Waals surface area contributed by atoms with Crippen molar-refractivity contribution in [1.29, 1.82) is 0 Å². The number of hydrogen-bond acceptors (Lipinski definition) is 18. The van der Waals surface area contributed by atoms with Gasteiger partial charge >= 0.3 is 34.0 Å². The van der Waals surface area contributed by atoms with Crippen molar-refractivity contribution in [2.75, 3.05) is 11.9 Å². The van der Waals surface area contributed by atoms with Gasteiger partial charge in [-0.2, -0.15) is 8.42 Å². The molecule has 0 unspecified atom stereocenters. The Morgan fingerprint density at radius 3 is 2.03 bits per heavy atom. The Hall–Kier alpha value is -7.67. The number of carbonyl (C=O) groups excluding carboxylic acids is 5. The third-order valence-corrected chi connectivity index (χ3v) is 11.3. The molecule has 4 heterocycles. The maximum Gasteiger partial charge on any atom is 0.413 e. The minimum absolute atomic E-state index is 0.00849. The Morgan fingerprint density at radius 2 is 1.46 bits per heavy atom. The summed E-state index contributed by atoms with van der Waals surface area (Å²) < 4.78 is 52.8. The van der Waals surface area contributed by atoms with Crippen molar-refractivity contribution in [3.63, 3.8) is 0 Å². The number of aromatic nitrogens is 5. The molecule has 1 aliphatic heterocycles. The molecule has 1 atom stereocenters. The molecule has 0 aliphatic carbocycles. The Morgan fingerprint density at radius 1 is 0.857 bits per heavy atom. The third kappa shape index (κ3) is 13.1. The summed E-state index contributed by atoms with van der Waals surface area (Å²) in [6.45, 7) is 13.8. The van der Waals surface area contributed by atoms with Crippen molar-refractivity contribution in [2.45, 2.75) is 105 Å². The zero-order chi connectivity index (χ0) is 51.2. The number of thiazole rings is 1. The van der Waals surface area contributed by atoms with Crippen LogP contribution in [0.3, 0.4) is 0 Å². The molecule has 0 saturated carbocycles. The van der Waals surface area contributed by atoms with Gasteiger partial charge in [0.1, 0.15) is 41.8 Å². The molecule has 0 radical (unpaired) electrons. The van der Waals surface area contributed by atoms with Crippen LogP contribution in [-0.4, -0.2) is 102 Å². The van der Waals surface area contributed by atoms with Gasteiger partial charge in [0.2, 0.25) is 5.60 Å². The zero-order valence-electron chi connectivity index (χ0n) is 39.7. The van der Waals surface area contributed by atoms with Crippen molar-refractivity contribution < 1.29 is 56.2 Å². The maximum absolute atomic E-state index is 13.7. The lowest BCUT2D eigenvalue weighted by Crippen LogP contribution is -2.68. The number of hydrogen-bond donors (Lipinski definition) is 3. The highest BCUT2D eigenvalue weighted by Crippen LogP contribution is 2.32. The number of esters is 1. The summed E-state index contributed by atoms with van der Waals surface area (Å²) in [5.41, 5.74) is -3.61. The van der Waals surface area contributed by atoms with Crippen LogP contribution in [0.4, 0.5) is 14.7 Å². The van der Waals surface area contributed by atoms with E-state index in [9.17, 15) is 37.2 Å². The fourth-order valence-corrected chi connectivity index (χ4v) is 7.62. The number of benzene rings is 2. The van der Waals surface area contributed by atoms with Crippen LogP contribution in [0.5, 0.6) is 11.5 Å². The van der Waals surface area contributed by atoms with Crippen LogP contribution in [0, 0.1) is 0 Å². The van der Waals surface area contributed by atoms with Crippen molar-refractivity contribution in [3.05, 3.63) is 106 Å². The summed E-state index contributed by atoms with van der Waals surface area (Å²) in [5, 5.41) is 14.1. The predicted molar refractivity (Wildman–Crippen MR) is 253 cm³/mol. The first-order valence-electron chi connectivity index (χ1n) is 21.5. The Bertz CT molecular complexity index is 2960. The normalized spacial score (nSPS) is 14.2. The van der Waals surface area contributed by atoms with Gasteiger partial charge in [0.15, 0.2) is 28.2 Å². The molecule has 1 fully saturated rings. The van der Waals surface area contributed by atoms with Crippen LogP contribution in [0.2, 0.25) is 0 Å². The number of amides is 5. The quantitative estimate of drug-likeness (QED) is 0.0490. The van der Waals surface area contributed by atoms with Crippen molar-refractivity contribution in [1.82, 2.24) is 38.7 Å². The summed E-state index contributed by atoms with van der Waals surface area (Å²) in [4.78, 5) is 93.9. The first-order chi connectivity index (χ1) is 32.8. The number of imide groups is 1. The van der Waals surface area contributed by atoms with Gasteiger partial charge in [-0.3, -0.25) is 24.4 Å². The summed E-state index contributed by atoms with van der Waals surface area (Å²) in [6.07, 6.45) is 0.517. The predicted octanol–water partition coefficient (Wildman–Crippen LogP) is 4.76. The van der Waals surface area contributed by atoms with E-state index in [0.29, 0.717) is 4.90 Å². The molecule has 5 amide bonds. The number of carbonyl (C=O) groups is 5. The molecule has 2 aromatic carbocycles. The lowest BCUT2D eigenvalue weighted by atomic mass is 10.1. The molecular formula is C45H52N10O13S2. The standard InChI is InChI=1S/C45H52N10O13S2/c1-10-53-35(29-21-32(64-24-27-17-13-11-14-18-27)33(22-46-29)65-25-28-19-15-12-16-20-28)50-55(42(53)61)70(62,63)52-40(59)54-23-30(37(54)57)47-36(56)34(51-68-45(8,9)38(58)66-43(2,3)4)31-26-69-39(48-31)49-41(60)67-44(5,6)7/h11-22,26,30H,10,23-25H2,1-9H3,(H,47,56)(H,52,59)(H,48,49,60)/b51-34-/t30-/m0/s1. The van der Waals surface area contributed by atoms with Crippen molar-refractivity contribution in [3.8, 4) is 23.0 Å². The van der Waals surface area contributed by atoms with Crippen LogP contribution >= 0.6 is 11.3 Å². The molecule has 70 heavy (non-hydrogen) atoms. The van der Waals surface area contributed by atoms with E-state index in [0.717, 1.165) is 27.0 Å². The Kier molecular flexibility index (Phi) is 15.4. The van der Waals surface area contributed by atoms with Crippen LogP contribution in [0.15, 0.2) is 88.3 Å². The molecule has 1 aliphatic rings. The van der Waals surface area contributed by atoms with Crippen LogP contribution in [0.1, 0.15) is 79.1 Å². The topological polar surface area (TPSA) is 283 Å². The van der Waals surface area contributed by atoms with Crippen molar-refractivity contribution in [2.24, 2.45) is 5.16 Å². The van der Waals surface area contributed by atoms with E-state index in [1.54, 1.807) is 53.2 Å². The van der Waals surface area contributed by atoms with E-state index in [4.69, 9.17) is 23.8 Å². The lowest BCUT2D eigenvalue weighted by molar-refractivity contribution is -0.179. The van der Waals surface area contributed by atoms with Gasteiger partial charge in [-0.05, 0) is 73.4 Å². The van der Waals surface area contributed by atoms with E-state index < -0.39 is 80.9 Å². The highest BCUT2D eigenvalue weighted by molar-refractivity contribution is 7.88. The van der Waals surface area contributed by atoms with E-state index in [2.05, 4.69) is 30.9 Å². The number of nitrogens with one attached hydrogen (secondary N) is 3. The Labute approximate surface area is 406 Å². The summed E-state index contributed by atoms with van der Waals surface area (Å²) >= 11 is 0.889. The molecular weight excluding hydrogens is 953 g/mol. The smallest absolute Gasteiger partial charge is 0.413 e. The van der Waals surface area contributed by atoms with Gasteiger partial charge < -0.3 is 29.1 Å². The molecule has 25 heteroatoms. The molecule has 23 nitrogen and oxygen atoms in total. The number of nitrogens with zero attached hydrogens (tertiary/aromatic N) is 7. The van der Waals surface area contributed by atoms with Gasteiger partial charge in [0, 0.05) is 18.0 Å². The highest BCUT2D eigenvalue weighted by Gasteiger charge is 2.44. The van der Waals surface area contributed by atoms with Gasteiger partial charge in [0.05, 0.1) is 12.7 Å². The van der Waals surface area contributed by atoms with Crippen molar-refractivity contribution >= 4 is 62.3 Å². The summed E-state index contributed by atoms with van der Waals surface area (Å²) in [6, 6.07) is 17.2. The molecule has 3 aromatic heterocycles. The van der Waals surface area contributed by atoms with E-state index in [1.165, 1.54) is 31.5 Å². The fraction of sp³-hybridized carbons (Fsp3) is 0.378. The second kappa shape index (κ2) is 20.9. The number of urea groups is 1. The average Bonchev–Trinajstić information content (AvgIpc) is 3.89. The lowest BCUT2D eigenvalue weighted by Gasteiger charge is -2.36. The minimum Gasteiger partial charge on any atom is -0.485 e. The van der Waals surface area contributed by atoms with Gasteiger partial charge in [-0.1, -0.05) is 69.9 Å². The SMILES string of the molecule is CCn1c(-c2cc(OCc3ccccc3)c(OCc3ccccc3)cn2)nn(S(=O)(=O)NC(=O)N2C[C@H](NC(=O)/C(=N\OC(C)(C)C(=O)OC(C)(C)C)c3csc(NC(=O)OC(C)(C)C)n3)C2=O)c1=O. The second-order valence-corrected chi connectivity index (χ2v) is 20.2. The molecule has 0 bridgehead atoms. The number of pyridine rings is 1. The fourth-order valence-electron chi connectivity index (χ4n) is 6.03. The molecule has 372 valence electrons. The molecule has 3 N–H and O–H groups in total. The number of rotatable bonds is 17. The first kappa shape index (κ1) is 51.7. The van der Waals surface area contributed by atoms with Gasteiger partial charge in [-0.15, -0.1) is 16.4 Å². The number of oxime groups is 1. The van der Waals surface area contributed by atoms with E-state index >= 15 is 0 Å². The van der Waals surface area contributed by atoms with Gasteiger partial charge in [0.25, 0.3) is 11.8 Å². The number of β-lactam (4-membered cyclic amide) rings is 1. The molecule has 0 spiro atoms. The zero-order valence-corrected chi connectivity index (χ0v) is 41.3. The number of anilines is 1. The Balaban J connectivity index is 1.17. The maximum atomic E-state index is 13.7. The van der Waals surface area contributed by atoms with Crippen LogP contribution in [-0.2, 0) is 58.7 Å². The number of likely N-dealkylation sites (tertiary alicyclic amines) is 1. The largest absolute Gasteiger partial charge is 0.485 e. The minimum atomic E-state index is -5.12. The first-order valence-corrected chi connectivity index (χ1v) is 23.8. The average molecular weight is 1010 g/mol. The number of ether oxygens (including phenoxy) is 4. The third-order valence-electron chi connectivity index (χ3n) is 9.44. The summed E-state index contributed by atoms with van der Waals surface area (Å²) in [7, 11) is -5.12. The van der Waals surface area contributed by atoms with E-state index in [-0.39, 0.29) is 57.7 Å². The van der Waals surface area contributed by atoms with Crippen LogP contribution < -0.4 is 30.5 Å². The van der Waals surface area contributed by atoms with E-state index in [1.807, 2.05) is 60.7 Å².